The minimum Gasteiger partial charge on any atom is -0.430 e. The van der Waals surface area contributed by atoms with Crippen molar-refractivity contribution in [1.29, 1.82) is 0 Å². The Kier molecular flexibility index (Phi) is 7.36. The van der Waals surface area contributed by atoms with E-state index in [9.17, 15) is 22.4 Å². The number of hydrogen-bond acceptors (Lipinski definition) is 8. The summed E-state index contributed by atoms with van der Waals surface area (Å²) in [6.07, 6.45) is 0. The summed E-state index contributed by atoms with van der Waals surface area (Å²) < 4.78 is 44.0. The van der Waals surface area contributed by atoms with E-state index in [4.69, 9.17) is 4.74 Å². The molecule has 0 unspecified atom stereocenters. The average molecular weight is 527 g/mol. The summed E-state index contributed by atoms with van der Waals surface area (Å²) in [5.41, 5.74) is 1.72. The maximum Gasteiger partial charge on any atom is 0.300 e. The largest absolute Gasteiger partial charge is 0.430 e. The number of rotatable bonds is 8. The van der Waals surface area contributed by atoms with E-state index in [1.165, 1.54) is 55.5 Å². The van der Waals surface area contributed by atoms with Crippen LogP contribution in [0.2, 0.25) is 0 Å². The quantitative estimate of drug-likeness (QED) is 0.342. The zero-order valence-corrected chi connectivity index (χ0v) is 20.4. The van der Waals surface area contributed by atoms with E-state index >= 15 is 0 Å². The van der Waals surface area contributed by atoms with E-state index in [0.717, 1.165) is 11.3 Å². The molecule has 9 nitrogen and oxygen atoms in total. The first-order chi connectivity index (χ1) is 17.2. The van der Waals surface area contributed by atoms with E-state index in [0.29, 0.717) is 28.3 Å². The monoisotopic (exact) mass is 526 g/mol. The molecule has 1 heterocycles. The molecule has 4 aromatic rings. The van der Waals surface area contributed by atoms with Gasteiger partial charge in [-0.2, -0.15) is 0 Å². The van der Waals surface area contributed by atoms with Crippen LogP contribution in [0, 0.1) is 5.82 Å². The summed E-state index contributed by atoms with van der Waals surface area (Å²) in [4.78, 5) is 23.6. The second-order valence-corrected chi connectivity index (χ2v) is 10.7. The van der Waals surface area contributed by atoms with Crippen molar-refractivity contribution in [1.82, 2.24) is 10.2 Å². The van der Waals surface area contributed by atoms with Crippen molar-refractivity contribution in [2.24, 2.45) is 0 Å². The SMILES string of the molecule is CC(=O)Nc1cccc(Oc2nnc(S(=O)(=O)Cc3ccc(C(=O)Nc4ccc(F)cc4)cc3)s2)c1. The highest BCUT2D eigenvalue weighted by Gasteiger charge is 2.22. The van der Waals surface area contributed by atoms with Crippen molar-refractivity contribution in [3.8, 4) is 10.9 Å². The number of amides is 2. The highest BCUT2D eigenvalue weighted by molar-refractivity contribution is 7.92. The summed E-state index contributed by atoms with van der Waals surface area (Å²) in [6, 6.07) is 18.0. The molecule has 0 aliphatic rings. The fraction of sp³-hybridized carbons (Fsp3) is 0.0833. The normalized spacial score (nSPS) is 11.1. The van der Waals surface area contributed by atoms with Gasteiger partial charge in [0.2, 0.25) is 20.1 Å². The van der Waals surface area contributed by atoms with Crippen LogP contribution in [0.5, 0.6) is 10.9 Å². The van der Waals surface area contributed by atoms with Gasteiger partial charge in [-0.1, -0.05) is 23.3 Å². The van der Waals surface area contributed by atoms with Gasteiger partial charge >= 0.3 is 5.19 Å². The molecular weight excluding hydrogens is 507 g/mol. The number of benzene rings is 3. The lowest BCUT2D eigenvalue weighted by Gasteiger charge is -2.06. The molecule has 0 bridgehead atoms. The smallest absolute Gasteiger partial charge is 0.300 e. The van der Waals surface area contributed by atoms with Crippen LogP contribution in [-0.4, -0.2) is 30.4 Å². The zero-order chi connectivity index (χ0) is 25.7. The average Bonchev–Trinajstić information content (AvgIpc) is 3.30. The molecule has 2 N–H and O–H groups in total. The van der Waals surface area contributed by atoms with E-state index in [2.05, 4.69) is 20.8 Å². The molecule has 3 aromatic carbocycles. The Balaban J connectivity index is 1.40. The van der Waals surface area contributed by atoms with Gasteiger partial charge in [0.15, 0.2) is 0 Å². The van der Waals surface area contributed by atoms with Gasteiger partial charge in [-0.25, -0.2) is 12.8 Å². The third-order valence-corrected chi connectivity index (χ3v) is 7.62. The van der Waals surface area contributed by atoms with Crippen molar-refractivity contribution in [2.45, 2.75) is 17.0 Å². The summed E-state index contributed by atoms with van der Waals surface area (Å²) in [7, 11) is -3.82. The lowest BCUT2D eigenvalue weighted by molar-refractivity contribution is -0.114. The zero-order valence-electron chi connectivity index (χ0n) is 18.8. The van der Waals surface area contributed by atoms with E-state index in [-0.39, 0.29) is 21.2 Å². The molecule has 0 radical (unpaired) electrons. The Hall–Kier alpha value is -4.16. The van der Waals surface area contributed by atoms with Gasteiger partial charge in [-0.3, -0.25) is 9.59 Å². The number of carbonyl (C=O) groups excluding carboxylic acids is 2. The summed E-state index contributed by atoms with van der Waals surface area (Å²) in [6.45, 7) is 1.38. The Morgan fingerprint density at radius 1 is 0.944 bits per heavy atom. The molecule has 0 spiro atoms. The predicted molar refractivity (Wildman–Crippen MR) is 132 cm³/mol. The van der Waals surface area contributed by atoms with Crippen LogP contribution in [0.4, 0.5) is 15.8 Å². The van der Waals surface area contributed by atoms with Gasteiger partial charge in [0, 0.05) is 29.9 Å². The van der Waals surface area contributed by atoms with Gasteiger partial charge < -0.3 is 15.4 Å². The Morgan fingerprint density at radius 2 is 1.67 bits per heavy atom. The molecule has 0 atom stereocenters. The second-order valence-electron chi connectivity index (χ2n) is 7.56. The first kappa shape index (κ1) is 24.9. The third-order valence-electron chi connectivity index (χ3n) is 4.69. The lowest BCUT2D eigenvalue weighted by atomic mass is 10.1. The van der Waals surface area contributed by atoms with Crippen molar-refractivity contribution in [3.63, 3.8) is 0 Å². The molecule has 1 aromatic heterocycles. The number of anilines is 2. The minimum atomic E-state index is -3.82. The van der Waals surface area contributed by atoms with Gasteiger partial charge in [0.1, 0.15) is 11.6 Å². The van der Waals surface area contributed by atoms with Crippen LogP contribution in [0.3, 0.4) is 0 Å². The van der Waals surface area contributed by atoms with Crippen LogP contribution in [0.1, 0.15) is 22.8 Å². The Labute approximate surface area is 209 Å². The maximum absolute atomic E-state index is 13.0. The van der Waals surface area contributed by atoms with Crippen molar-refractivity contribution < 1.29 is 27.1 Å². The van der Waals surface area contributed by atoms with Crippen LogP contribution < -0.4 is 15.4 Å². The first-order valence-corrected chi connectivity index (χ1v) is 12.9. The van der Waals surface area contributed by atoms with Gasteiger partial charge in [0.05, 0.1) is 5.75 Å². The van der Waals surface area contributed by atoms with Crippen molar-refractivity contribution in [2.75, 3.05) is 10.6 Å². The number of halogens is 1. The summed E-state index contributed by atoms with van der Waals surface area (Å²) in [5.74, 6) is -1.05. The number of ether oxygens (including phenoxy) is 1. The third kappa shape index (κ3) is 6.49. The summed E-state index contributed by atoms with van der Waals surface area (Å²) in [5, 5.41) is 12.8. The van der Waals surface area contributed by atoms with Crippen LogP contribution in [0.25, 0.3) is 0 Å². The van der Waals surface area contributed by atoms with Gasteiger partial charge in [-0.05, 0) is 65.4 Å². The minimum absolute atomic E-state index is 0.0290. The fourth-order valence-electron chi connectivity index (χ4n) is 3.08. The Morgan fingerprint density at radius 3 is 2.36 bits per heavy atom. The predicted octanol–water partition coefficient (Wildman–Crippen LogP) is 4.65. The van der Waals surface area contributed by atoms with Gasteiger partial charge in [0.25, 0.3) is 5.91 Å². The molecule has 0 aliphatic heterocycles. The van der Waals surface area contributed by atoms with Crippen molar-refractivity contribution >= 4 is 44.4 Å². The summed E-state index contributed by atoms with van der Waals surface area (Å²) >= 11 is 0.773. The van der Waals surface area contributed by atoms with Crippen LogP contribution >= 0.6 is 11.3 Å². The highest BCUT2D eigenvalue weighted by Crippen LogP contribution is 2.30. The molecule has 184 valence electrons. The number of carbonyl (C=O) groups is 2. The molecule has 2 amide bonds. The number of nitrogens with zero attached hydrogens (tertiary/aromatic N) is 2. The molecule has 0 saturated heterocycles. The van der Waals surface area contributed by atoms with E-state index < -0.39 is 21.6 Å². The van der Waals surface area contributed by atoms with E-state index in [1.807, 2.05) is 0 Å². The van der Waals surface area contributed by atoms with Crippen LogP contribution in [-0.2, 0) is 20.4 Å². The maximum atomic E-state index is 13.0. The molecule has 12 heteroatoms. The number of nitrogens with one attached hydrogen (secondary N) is 2. The fourth-order valence-corrected chi connectivity index (χ4v) is 5.34. The standard InChI is InChI=1S/C24H19FN4O5S2/c1-15(30)26-20-3-2-4-21(13-20)34-23-28-29-24(35-23)36(32,33)14-16-5-7-17(8-6-16)22(31)27-19-11-9-18(25)10-12-19/h2-13H,14H2,1H3,(H,26,30)(H,27,31). The topological polar surface area (TPSA) is 127 Å². The number of aromatic nitrogens is 2. The van der Waals surface area contributed by atoms with Crippen LogP contribution in [0.15, 0.2) is 77.1 Å². The number of hydrogen-bond donors (Lipinski definition) is 2. The molecule has 0 fully saturated rings. The molecule has 0 aliphatic carbocycles. The molecule has 0 saturated carbocycles. The first-order valence-electron chi connectivity index (χ1n) is 10.5. The molecular formula is C24H19FN4O5S2. The molecule has 36 heavy (non-hydrogen) atoms. The molecule has 4 rings (SSSR count). The van der Waals surface area contributed by atoms with Gasteiger partial charge in [-0.15, -0.1) is 5.10 Å². The van der Waals surface area contributed by atoms with E-state index in [1.54, 1.807) is 24.3 Å². The lowest BCUT2D eigenvalue weighted by Crippen LogP contribution is -2.12. The second kappa shape index (κ2) is 10.6. The Bertz CT molecular complexity index is 1500. The highest BCUT2D eigenvalue weighted by atomic mass is 32.2. The number of sulfone groups is 1. The van der Waals surface area contributed by atoms with Crippen molar-refractivity contribution in [3.05, 3.63) is 89.7 Å².